The molecule has 0 aromatic heterocycles. The number of ether oxygens (including phenoxy) is 2. The van der Waals surface area contributed by atoms with Crippen LogP contribution in [0.3, 0.4) is 0 Å². The summed E-state index contributed by atoms with van der Waals surface area (Å²) in [4.78, 5) is 2.13. The summed E-state index contributed by atoms with van der Waals surface area (Å²) in [6.07, 6.45) is -0.743. The first kappa shape index (κ1) is 14.5. The molecular formula is C15H23NO3. The molecule has 1 aromatic carbocycles. The Kier molecular flexibility index (Phi) is 4.93. The van der Waals surface area contributed by atoms with Crippen molar-refractivity contribution in [1.29, 1.82) is 0 Å². The second-order valence-electron chi connectivity index (χ2n) is 5.27. The largest absolute Gasteiger partial charge is 0.389 e. The van der Waals surface area contributed by atoms with Crippen molar-refractivity contribution in [1.82, 2.24) is 4.90 Å². The van der Waals surface area contributed by atoms with E-state index >= 15 is 0 Å². The highest BCUT2D eigenvalue weighted by Gasteiger charge is 2.35. The molecule has 1 aromatic rings. The van der Waals surface area contributed by atoms with Crippen molar-refractivity contribution in [3.05, 3.63) is 35.4 Å². The number of aryl methyl sites for hydroxylation is 1. The Hall–Kier alpha value is -0.940. The van der Waals surface area contributed by atoms with Crippen LogP contribution in [0.15, 0.2) is 24.3 Å². The fourth-order valence-electron chi connectivity index (χ4n) is 2.56. The van der Waals surface area contributed by atoms with Gasteiger partial charge in [-0.1, -0.05) is 29.8 Å². The molecule has 0 aliphatic carbocycles. The van der Waals surface area contributed by atoms with Crippen LogP contribution in [0.4, 0.5) is 0 Å². The molecule has 1 N–H and O–H groups in total. The maximum atomic E-state index is 10.3. The molecule has 3 atom stereocenters. The van der Waals surface area contributed by atoms with Crippen LogP contribution in [0, 0.1) is 6.92 Å². The van der Waals surface area contributed by atoms with Gasteiger partial charge in [0.15, 0.2) is 0 Å². The van der Waals surface area contributed by atoms with Gasteiger partial charge in [-0.25, -0.2) is 0 Å². The summed E-state index contributed by atoms with van der Waals surface area (Å²) in [5, 5.41) is 10.3. The van der Waals surface area contributed by atoms with E-state index in [1.54, 1.807) is 7.11 Å². The first-order valence-electron chi connectivity index (χ1n) is 6.66. The van der Waals surface area contributed by atoms with Crippen molar-refractivity contribution >= 4 is 0 Å². The van der Waals surface area contributed by atoms with Crippen LogP contribution in [0.25, 0.3) is 0 Å². The maximum Gasteiger partial charge on any atom is 0.108 e. The summed E-state index contributed by atoms with van der Waals surface area (Å²) in [5.74, 6) is 0. The molecule has 0 radical (unpaired) electrons. The standard InChI is InChI=1S/C15H23NO3/c1-11-5-4-6-12(7-11)8-16(2)13-9-19-10-14(18-3)15(13)17/h4-7,13-15,17H,8-10H2,1-3H3/t13-,14-,15+/m1/s1. The van der Waals surface area contributed by atoms with Gasteiger partial charge in [0, 0.05) is 13.7 Å². The second kappa shape index (κ2) is 6.48. The molecule has 0 bridgehead atoms. The Balaban J connectivity index is 2.00. The van der Waals surface area contributed by atoms with E-state index in [4.69, 9.17) is 9.47 Å². The van der Waals surface area contributed by atoms with Crippen LogP contribution in [0.5, 0.6) is 0 Å². The molecule has 1 aliphatic heterocycles. The van der Waals surface area contributed by atoms with E-state index in [9.17, 15) is 5.11 Å². The number of methoxy groups -OCH3 is 1. The third kappa shape index (κ3) is 3.54. The molecule has 0 spiro atoms. The molecular weight excluding hydrogens is 242 g/mol. The van der Waals surface area contributed by atoms with Crippen LogP contribution in [-0.4, -0.2) is 55.6 Å². The van der Waals surface area contributed by atoms with Crippen LogP contribution >= 0.6 is 0 Å². The van der Waals surface area contributed by atoms with Crippen molar-refractivity contribution in [2.24, 2.45) is 0 Å². The minimum atomic E-state index is -0.506. The lowest BCUT2D eigenvalue weighted by Gasteiger charge is -2.39. The smallest absolute Gasteiger partial charge is 0.108 e. The zero-order valence-corrected chi connectivity index (χ0v) is 11.9. The summed E-state index contributed by atoms with van der Waals surface area (Å²) in [7, 11) is 3.62. The van der Waals surface area contributed by atoms with Gasteiger partial charge < -0.3 is 14.6 Å². The van der Waals surface area contributed by atoms with Gasteiger partial charge in [-0.05, 0) is 19.5 Å². The average molecular weight is 265 g/mol. The minimum absolute atomic E-state index is 0.0285. The van der Waals surface area contributed by atoms with Crippen LogP contribution in [0.1, 0.15) is 11.1 Å². The van der Waals surface area contributed by atoms with Crippen LogP contribution in [0.2, 0.25) is 0 Å². The SMILES string of the molecule is CO[C@@H]1COC[C@@H](N(C)Cc2cccc(C)c2)[C@@H]1O. The molecule has 1 aliphatic rings. The predicted octanol–water partition coefficient (Wildman–Crippen LogP) is 1.20. The molecule has 0 saturated carbocycles. The molecule has 0 amide bonds. The number of aliphatic hydroxyl groups excluding tert-OH is 1. The van der Waals surface area contributed by atoms with Gasteiger partial charge in [0.05, 0.1) is 19.3 Å². The number of likely N-dealkylation sites (N-methyl/N-ethyl adjacent to an activating group) is 1. The van der Waals surface area contributed by atoms with E-state index in [2.05, 4.69) is 36.1 Å². The van der Waals surface area contributed by atoms with E-state index in [1.807, 2.05) is 7.05 Å². The van der Waals surface area contributed by atoms with Crippen molar-refractivity contribution in [2.45, 2.75) is 31.7 Å². The third-order valence-corrected chi connectivity index (χ3v) is 3.73. The summed E-state index contributed by atoms with van der Waals surface area (Å²) < 4.78 is 10.8. The normalized spacial score (nSPS) is 27.7. The molecule has 1 fully saturated rings. The average Bonchev–Trinajstić information content (AvgIpc) is 2.39. The zero-order valence-electron chi connectivity index (χ0n) is 11.9. The lowest BCUT2D eigenvalue weighted by molar-refractivity contribution is -0.142. The summed E-state index contributed by atoms with van der Waals surface area (Å²) >= 11 is 0. The number of hydrogen-bond acceptors (Lipinski definition) is 4. The topological polar surface area (TPSA) is 41.9 Å². The third-order valence-electron chi connectivity index (χ3n) is 3.73. The first-order valence-corrected chi connectivity index (χ1v) is 6.66. The van der Waals surface area contributed by atoms with E-state index < -0.39 is 6.10 Å². The maximum absolute atomic E-state index is 10.3. The van der Waals surface area contributed by atoms with E-state index in [0.29, 0.717) is 13.2 Å². The highest BCUT2D eigenvalue weighted by Crippen LogP contribution is 2.18. The zero-order chi connectivity index (χ0) is 13.8. The molecule has 1 saturated heterocycles. The molecule has 4 nitrogen and oxygen atoms in total. The molecule has 106 valence electrons. The molecule has 2 rings (SSSR count). The van der Waals surface area contributed by atoms with Crippen molar-refractivity contribution < 1.29 is 14.6 Å². The van der Waals surface area contributed by atoms with Gasteiger partial charge in [0.25, 0.3) is 0 Å². The Bertz CT molecular complexity index is 410. The van der Waals surface area contributed by atoms with Gasteiger partial charge in [0.1, 0.15) is 12.2 Å². The first-order chi connectivity index (χ1) is 9.11. The van der Waals surface area contributed by atoms with Gasteiger partial charge >= 0.3 is 0 Å². The predicted molar refractivity (Wildman–Crippen MR) is 74.1 cm³/mol. The second-order valence-corrected chi connectivity index (χ2v) is 5.27. The highest BCUT2D eigenvalue weighted by atomic mass is 16.5. The molecule has 4 heteroatoms. The Morgan fingerprint density at radius 2 is 2.21 bits per heavy atom. The molecule has 0 unspecified atom stereocenters. The van der Waals surface area contributed by atoms with E-state index in [1.165, 1.54) is 11.1 Å². The van der Waals surface area contributed by atoms with Crippen LogP contribution < -0.4 is 0 Å². The summed E-state index contributed by atoms with van der Waals surface area (Å²) in [5.41, 5.74) is 2.50. The fraction of sp³-hybridized carbons (Fsp3) is 0.600. The quantitative estimate of drug-likeness (QED) is 0.888. The van der Waals surface area contributed by atoms with Gasteiger partial charge in [-0.2, -0.15) is 0 Å². The molecule has 19 heavy (non-hydrogen) atoms. The van der Waals surface area contributed by atoms with Gasteiger partial charge in [0.2, 0.25) is 0 Å². The Morgan fingerprint density at radius 3 is 2.89 bits per heavy atom. The van der Waals surface area contributed by atoms with E-state index in [0.717, 1.165) is 6.54 Å². The minimum Gasteiger partial charge on any atom is -0.389 e. The lowest BCUT2D eigenvalue weighted by Crippen LogP contribution is -2.55. The monoisotopic (exact) mass is 265 g/mol. The Morgan fingerprint density at radius 1 is 1.42 bits per heavy atom. The number of aliphatic hydroxyl groups is 1. The van der Waals surface area contributed by atoms with Crippen LogP contribution in [-0.2, 0) is 16.0 Å². The van der Waals surface area contributed by atoms with Crippen molar-refractivity contribution in [3.8, 4) is 0 Å². The van der Waals surface area contributed by atoms with Gasteiger partial charge in [-0.15, -0.1) is 0 Å². The number of benzene rings is 1. The molecule has 1 heterocycles. The summed E-state index contributed by atoms with van der Waals surface area (Å²) in [6, 6.07) is 8.39. The van der Waals surface area contributed by atoms with Gasteiger partial charge in [-0.3, -0.25) is 4.90 Å². The van der Waals surface area contributed by atoms with Crippen molar-refractivity contribution in [2.75, 3.05) is 27.4 Å². The van der Waals surface area contributed by atoms with Crippen molar-refractivity contribution in [3.63, 3.8) is 0 Å². The van der Waals surface area contributed by atoms with E-state index in [-0.39, 0.29) is 12.1 Å². The number of rotatable bonds is 4. The number of hydrogen-bond donors (Lipinski definition) is 1. The highest BCUT2D eigenvalue weighted by molar-refractivity contribution is 5.22. The summed E-state index contributed by atoms with van der Waals surface area (Å²) in [6.45, 7) is 3.89. The fourth-order valence-corrected chi connectivity index (χ4v) is 2.56. The Labute approximate surface area is 114 Å². The lowest BCUT2D eigenvalue weighted by atomic mass is 10.0. The number of nitrogens with zero attached hydrogens (tertiary/aromatic N) is 1.